The lowest BCUT2D eigenvalue weighted by Crippen LogP contribution is -2.46. The number of rotatable bonds is 4. The van der Waals surface area contributed by atoms with Gasteiger partial charge in [0.25, 0.3) is 0 Å². The molecule has 1 heterocycles. The van der Waals surface area contributed by atoms with Crippen molar-refractivity contribution in [3.8, 4) is 0 Å². The molecule has 0 aromatic carbocycles. The Morgan fingerprint density at radius 3 is 2.53 bits per heavy atom. The average molecular weight is 213 g/mol. The van der Waals surface area contributed by atoms with Gasteiger partial charge in [-0.1, -0.05) is 20.8 Å². The lowest BCUT2D eigenvalue weighted by atomic mass is 9.64. The van der Waals surface area contributed by atoms with Crippen molar-refractivity contribution in [2.45, 2.75) is 59.0 Å². The molecule has 0 saturated carbocycles. The normalized spacial score (nSPS) is 37.2. The molecule has 0 bridgehead atoms. The standard InChI is InChI=1S/C13H27NO/c1-5-12(4)10-13(6-8-14,11(2)3)7-9-15-12/h11H,5-10,14H2,1-4H3/t12-,13-/m0/s1. The van der Waals surface area contributed by atoms with E-state index in [1.807, 2.05) is 0 Å². The zero-order valence-corrected chi connectivity index (χ0v) is 10.8. The van der Waals surface area contributed by atoms with E-state index in [2.05, 4.69) is 27.7 Å². The van der Waals surface area contributed by atoms with Crippen LogP contribution in [-0.4, -0.2) is 18.8 Å². The Balaban J connectivity index is 2.80. The molecule has 0 radical (unpaired) electrons. The summed E-state index contributed by atoms with van der Waals surface area (Å²) in [7, 11) is 0. The Bertz CT molecular complexity index is 201. The summed E-state index contributed by atoms with van der Waals surface area (Å²) in [5, 5.41) is 0. The maximum atomic E-state index is 5.93. The summed E-state index contributed by atoms with van der Waals surface area (Å²) in [5.74, 6) is 0.704. The van der Waals surface area contributed by atoms with Gasteiger partial charge in [0.1, 0.15) is 0 Å². The summed E-state index contributed by atoms with van der Waals surface area (Å²) in [6.45, 7) is 10.8. The molecule has 0 aromatic heterocycles. The topological polar surface area (TPSA) is 35.2 Å². The van der Waals surface area contributed by atoms with Crippen LogP contribution in [0.25, 0.3) is 0 Å². The molecule has 2 N–H and O–H groups in total. The van der Waals surface area contributed by atoms with E-state index in [1.165, 1.54) is 12.8 Å². The van der Waals surface area contributed by atoms with Crippen LogP contribution in [0.15, 0.2) is 0 Å². The van der Waals surface area contributed by atoms with Crippen LogP contribution in [0, 0.1) is 11.3 Å². The van der Waals surface area contributed by atoms with Crippen molar-refractivity contribution in [1.82, 2.24) is 0 Å². The van der Waals surface area contributed by atoms with E-state index in [0.29, 0.717) is 11.3 Å². The van der Waals surface area contributed by atoms with E-state index in [0.717, 1.165) is 26.0 Å². The highest BCUT2D eigenvalue weighted by Gasteiger charge is 2.43. The van der Waals surface area contributed by atoms with Gasteiger partial charge in [-0.2, -0.15) is 0 Å². The van der Waals surface area contributed by atoms with E-state index >= 15 is 0 Å². The Morgan fingerprint density at radius 1 is 1.40 bits per heavy atom. The lowest BCUT2D eigenvalue weighted by Gasteiger charge is -2.48. The average Bonchev–Trinajstić information content (AvgIpc) is 2.18. The fourth-order valence-corrected chi connectivity index (χ4v) is 2.89. The van der Waals surface area contributed by atoms with Gasteiger partial charge in [-0.15, -0.1) is 0 Å². The molecule has 90 valence electrons. The predicted molar refractivity (Wildman–Crippen MR) is 64.8 cm³/mol. The summed E-state index contributed by atoms with van der Waals surface area (Å²) in [6, 6.07) is 0. The molecule has 0 unspecified atom stereocenters. The summed E-state index contributed by atoms with van der Waals surface area (Å²) in [4.78, 5) is 0. The van der Waals surface area contributed by atoms with Crippen LogP contribution < -0.4 is 5.73 Å². The zero-order chi connectivity index (χ0) is 11.5. The van der Waals surface area contributed by atoms with Crippen LogP contribution in [0.1, 0.15) is 53.4 Å². The first-order valence-corrected chi connectivity index (χ1v) is 6.32. The molecule has 2 nitrogen and oxygen atoms in total. The second-order valence-corrected chi connectivity index (χ2v) is 5.63. The molecule has 1 rings (SSSR count). The van der Waals surface area contributed by atoms with Crippen molar-refractivity contribution in [3.63, 3.8) is 0 Å². The first kappa shape index (κ1) is 13.0. The van der Waals surface area contributed by atoms with E-state index in [1.54, 1.807) is 0 Å². The van der Waals surface area contributed by atoms with E-state index in [-0.39, 0.29) is 5.60 Å². The van der Waals surface area contributed by atoms with Crippen LogP contribution >= 0.6 is 0 Å². The third kappa shape index (κ3) is 2.73. The van der Waals surface area contributed by atoms with Crippen LogP contribution in [0.3, 0.4) is 0 Å². The maximum absolute atomic E-state index is 5.93. The molecule has 1 fully saturated rings. The fraction of sp³-hybridized carbons (Fsp3) is 1.00. The van der Waals surface area contributed by atoms with Gasteiger partial charge < -0.3 is 10.5 Å². The minimum atomic E-state index is 0.0810. The molecule has 15 heavy (non-hydrogen) atoms. The number of nitrogens with two attached hydrogens (primary N) is 1. The molecule has 0 amide bonds. The van der Waals surface area contributed by atoms with Gasteiger partial charge in [-0.3, -0.25) is 0 Å². The van der Waals surface area contributed by atoms with Gasteiger partial charge in [0.05, 0.1) is 5.60 Å². The molecule has 2 heteroatoms. The second-order valence-electron chi connectivity index (χ2n) is 5.63. The minimum absolute atomic E-state index is 0.0810. The highest BCUT2D eigenvalue weighted by Crippen LogP contribution is 2.47. The van der Waals surface area contributed by atoms with Gasteiger partial charge in [-0.25, -0.2) is 0 Å². The molecular formula is C13H27NO. The lowest BCUT2D eigenvalue weighted by molar-refractivity contribution is -0.132. The molecule has 2 atom stereocenters. The smallest absolute Gasteiger partial charge is 0.0657 e. The van der Waals surface area contributed by atoms with Crippen molar-refractivity contribution in [3.05, 3.63) is 0 Å². The fourth-order valence-electron chi connectivity index (χ4n) is 2.89. The molecule has 0 aromatic rings. The van der Waals surface area contributed by atoms with Crippen molar-refractivity contribution < 1.29 is 4.74 Å². The Hall–Kier alpha value is -0.0800. The summed E-state index contributed by atoms with van der Waals surface area (Å²) >= 11 is 0. The minimum Gasteiger partial charge on any atom is -0.375 e. The van der Waals surface area contributed by atoms with Crippen LogP contribution in [0.5, 0.6) is 0 Å². The predicted octanol–water partition coefficient (Wildman–Crippen LogP) is 2.96. The SMILES string of the molecule is CC[C@@]1(C)C[C@@](CCN)(C(C)C)CCO1. The van der Waals surface area contributed by atoms with Gasteiger partial charge >= 0.3 is 0 Å². The van der Waals surface area contributed by atoms with Gasteiger partial charge in [0.2, 0.25) is 0 Å². The maximum Gasteiger partial charge on any atom is 0.0657 e. The third-order valence-corrected chi connectivity index (χ3v) is 4.39. The van der Waals surface area contributed by atoms with Crippen molar-refractivity contribution in [1.29, 1.82) is 0 Å². The molecule has 0 aliphatic carbocycles. The number of hydrogen-bond acceptors (Lipinski definition) is 2. The van der Waals surface area contributed by atoms with E-state index in [9.17, 15) is 0 Å². The van der Waals surface area contributed by atoms with Gasteiger partial charge in [0.15, 0.2) is 0 Å². The first-order chi connectivity index (χ1) is 6.98. The van der Waals surface area contributed by atoms with E-state index < -0.39 is 0 Å². The van der Waals surface area contributed by atoms with Crippen molar-refractivity contribution in [2.75, 3.05) is 13.2 Å². The Kier molecular flexibility index (Phi) is 4.19. The number of hydrogen-bond donors (Lipinski definition) is 1. The van der Waals surface area contributed by atoms with Crippen LogP contribution in [-0.2, 0) is 4.74 Å². The van der Waals surface area contributed by atoms with Crippen molar-refractivity contribution >= 4 is 0 Å². The van der Waals surface area contributed by atoms with Crippen LogP contribution in [0.4, 0.5) is 0 Å². The van der Waals surface area contributed by atoms with E-state index in [4.69, 9.17) is 10.5 Å². The van der Waals surface area contributed by atoms with Crippen molar-refractivity contribution in [2.24, 2.45) is 17.1 Å². The quantitative estimate of drug-likeness (QED) is 0.779. The van der Waals surface area contributed by atoms with Gasteiger partial charge in [-0.05, 0) is 50.5 Å². The molecule has 1 saturated heterocycles. The highest BCUT2D eigenvalue weighted by atomic mass is 16.5. The van der Waals surface area contributed by atoms with Gasteiger partial charge in [0, 0.05) is 6.61 Å². The monoisotopic (exact) mass is 213 g/mol. The summed E-state index contributed by atoms with van der Waals surface area (Å²) < 4.78 is 5.93. The molecule has 1 aliphatic heterocycles. The molecule has 1 aliphatic rings. The third-order valence-electron chi connectivity index (χ3n) is 4.39. The Labute approximate surface area is 94.6 Å². The molecular weight excluding hydrogens is 186 g/mol. The largest absolute Gasteiger partial charge is 0.375 e. The summed E-state index contributed by atoms with van der Waals surface area (Å²) in [5.41, 5.74) is 6.27. The van der Waals surface area contributed by atoms with Crippen LogP contribution in [0.2, 0.25) is 0 Å². The number of ether oxygens (including phenoxy) is 1. The highest BCUT2D eigenvalue weighted by molar-refractivity contribution is 4.93. The zero-order valence-electron chi connectivity index (χ0n) is 10.8. The second kappa shape index (κ2) is 4.84. The Morgan fingerprint density at radius 2 is 2.07 bits per heavy atom. The first-order valence-electron chi connectivity index (χ1n) is 6.32. The molecule has 0 spiro atoms. The summed E-state index contributed by atoms with van der Waals surface area (Å²) in [6.07, 6.45) is 4.60.